The van der Waals surface area contributed by atoms with Crippen LogP contribution in [0, 0.1) is 11.3 Å². The van der Waals surface area contributed by atoms with Gasteiger partial charge in [0.25, 0.3) is 5.56 Å². The van der Waals surface area contributed by atoms with Gasteiger partial charge >= 0.3 is 0 Å². The summed E-state index contributed by atoms with van der Waals surface area (Å²) in [6, 6.07) is 7.14. The molecule has 0 fully saturated rings. The summed E-state index contributed by atoms with van der Waals surface area (Å²) in [5.74, 6) is 0.730. The molecule has 0 unspecified atom stereocenters. The number of aromatic nitrogens is 5. The highest BCUT2D eigenvalue weighted by atomic mass is 16.1. The zero-order chi connectivity index (χ0) is 13.5. The van der Waals surface area contributed by atoms with E-state index in [-0.39, 0.29) is 5.56 Å². The average Bonchev–Trinajstić information content (AvgIpc) is 2.86. The van der Waals surface area contributed by atoms with Gasteiger partial charge < -0.3 is 4.57 Å². The van der Waals surface area contributed by atoms with Crippen molar-refractivity contribution in [2.45, 2.75) is 32.4 Å². The Hall–Kier alpha value is -2.49. The van der Waals surface area contributed by atoms with Crippen LogP contribution in [0.4, 0.5) is 0 Å². The first-order chi connectivity index (χ1) is 9.31. The Morgan fingerprint density at radius 1 is 1.32 bits per heavy atom. The van der Waals surface area contributed by atoms with E-state index in [4.69, 9.17) is 5.26 Å². The van der Waals surface area contributed by atoms with E-state index < -0.39 is 0 Å². The molecule has 19 heavy (non-hydrogen) atoms. The molecular weight excluding hydrogens is 244 g/mol. The van der Waals surface area contributed by atoms with Crippen LogP contribution in [0.3, 0.4) is 0 Å². The normalized spacial score (nSPS) is 10.3. The molecule has 0 aliphatic carbocycles. The molecule has 0 radical (unpaired) electrons. The lowest BCUT2D eigenvalue weighted by Gasteiger charge is -2.05. The second-order valence-electron chi connectivity index (χ2n) is 4.06. The van der Waals surface area contributed by atoms with Gasteiger partial charge in [0.05, 0.1) is 6.07 Å². The summed E-state index contributed by atoms with van der Waals surface area (Å²) in [7, 11) is 0. The van der Waals surface area contributed by atoms with Crippen LogP contribution in [0.5, 0.6) is 0 Å². The Balaban J connectivity index is 1.97. The Bertz CT molecular complexity index is 623. The molecular formula is C12H14N6O. The van der Waals surface area contributed by atoms with Gasteiger partial charge in [-0.1, -0.05) is 6.07 Å². The van der Waals surface area contributed by atoms with Crippen molar-refractivity contribution in [2.24, 2.45) is 0 Å². The molecule has 0 aliphatic rings. The molecule has 2 heterocycles. The van der Waals surface area contributed by atoms with Gasteiger partial charge in [-0.2, -0.15) is 5.26 Å². The fourth-order valence-corrected chi connectivity index (χ4v) is 1.75. The van der Waals surface area contributed by atoms with E-state index in [2.05, 4.69) is 21.6 Å². The maximum Gasteiger partial charge on any atom is 0.250 e. The van der Waals surface area contributed by atoms with E-state index in [1.54, 1.807) is 21.5 Å². The summed E-state index contributed by atoms with van der Waals surface area (Å²) in [6.45, 7) is 1.16. The number of rotatable bonds is 6. The molecule has 0 saturated heterocycles. The first-order valence-corrected chi connectivity index (χ1v) is 6.08. The van der Waals surface area contributed by atoms with Crippen LogP contribution in [0.15, 0.2) is 29.2 Å². The second kappa shape index (κ2) is 6.44. The SMILES string of the molecule is N#CCCCn1nnnc1CCn1ccccc1=O. The molecule has 2 rings (SSSR count). The highest BCUT2D eigenvalue weighted by Gasteiger charge is 2.06. The van der Waals surface area contributed by atoms with Crippen molar-refractivity contribution in [3.05, 3.63) is 40.6 Å². The Kier molecular flexibility index (Phi) is 4.39. The molecule has 0 N–H and O–H groups in total. The average molecular weight is 258 g/mol. The minimum Gasteiger partial charge on any atom is -0.315 e. The van der Waals surface area contributed by atoms with E-state index in [0.717, 1.165) is 12.2 Å². The van der Waals surface area contributed by atoms with Crippen LogP contribution < -0.4 is 5.56 Å². The topological polar surface area (TPSA) is 89.4 Å². The van der Waals surface area contributed by atoms with E-state index in [0.29, 0.717) is 25.9 Å². The number of nitriles is 1. The van der Waals surface area contributed by atoms with Gasteiger partial charge in [-0.3, -0.25) is 4.79 Å². The fourth-order valence-electron chi connectivity index (χ4n) is 1.75. The van der Waals surface area contributed by atoms with Crippen molar-refractivity contribution in [1.82, 2.24) is 24.8 Å². The summed E-state index contributed by atoms with van der Waals surface area (Å²) >= 11 is 0. The van der Waals surface area contributed by atoms with Crippen LogP contribution in [-0.2, 0) is 19.5 Å². The van der Waals surface area contributed by atoms with E-state index >= 15 is 0 Å². The first kappa shape index (κ1) is 13.0. The molecule has 0 saturated carbocycles. The summed E-state index contributed by atoms with van der Waals surface area (Å²) in [6.07, 6.45) is 3.53. The molecule has 0 atom stereocenters. The quantitative estimate of drug-likeness (QED) is 0.699. The summed E-state index contributed by atoms with van der Waals surface area (Å²) < 4.78 is 3.31. The third kappa shape index (κ3) is 3.48. The Morgan fingerprint density at radius 3 is 3.00 bits per heavy atom. The lowest BCUT2D eigenvalue weighted by atomic mass is 10.3. The lowest BCUT2D eigenvalue weighted by Crippen LogP contribution is -2.20. The molecule has 0 aromatic carbocycles. The van der Waals surface area contributed by atoms with Gasteiger partial charge in [0.1, 0.15) is 0 Å². The number of hydrogen-bond donors (Lipinski definition) is 0. The van der Waals surface area contributed by atoms with E-state index in [9.17, 15) is 4.79 Å². The summed E-state index contributed by atoms with van der Waals surface area (Å²) in [5.41, 5.74) is -0.0361. The number of tetrazole rings is 1. The van der Waals surface area contributed by atoms with Crippen molar-refractivity contribution in [1.29, 1.82) is 5.26 Å². The lowest BCUT2D eigenvalue weighted by molar-refractivity contribution is 0.528. The fraction of sp³-hybridized carbons (Fsp3) is 0.417. The van der Waals surface area contributed by atoms with Gasteiger partial charge in [-0.15, -0.1) is 5.10 Å². The van der Waals surface area contributed by atoms with Gasteiger partial charge in [0.2, 0.25) is 0 Å². The number of pyridine rings is 1. The minimum absolute atomic E-state index is 0.0361. The maximum absolute atomic E-state index is 11.5. The molecule has 2 aromatic rings. The number of unbranched alkanes of at least 4 members (excludes halogenated alkanes) is 1. The van der Waals surface area contributed by atoms with Crippen LogP contribution in [0.25, 0.3) is 0 Å². The van der Waals surface area contributed by atoms with Gasteiger partial charge in [0.15, 0.2) is 5.82 Å². The molecule has 98 valence electrons. The largest absolute Gasteiger partial charge is 0.315 e. The molecule has 0 aliphatic heterocycles. The third-order valence-electron chi connectivity index (χ3n) is 2.74. The zero-order valence-corrected chi connectivity index (χ0v) is 10.4. The maximum atomic E-state index is 11.5. The van der Waals surface area contributed by atoms with Crippen LogP contribution in [-0.4, -0.2) is 24.8 Å². The number of aryl methyl sites for hydroxylation is 3. The monoisotopic (exact) mass is 258 g/mol. The van der Waals surface area contributed by atoms with Crippen molar-refractivity contribution in [3.8, 4) is 6.07 Å². The second-order valence-corrected chi connectivity index (χ2v) is 4.06. The van der Waals surface area contributed by atoms with Crippen LogP contribution >= 0.6 is 0 Å². The van der Waals surface area contributed by atoms with Crippen molar-refractivity contribution >= 4 is 0 Å². The van der Waals surface area contributed by atoms with Crippen LogP contribution in [0.2, 0.25) is 0 Å². The van der Waals surface area contributed by atoms with Crippen molar-refractivity contribution < 1.29 is 0 Å². The summed E-state index contributed by atoms with van der Waals surface area (Å²) in [5, 5.41) is 20.0. The third-order valence-corrected chi connectivity index (χ3v) is 2.74. The highest BCUT2D eigenvalue weighted by molar-refractivity contribution is 4.94. The molecule has 2 aromatic heterocycles. The minimum atomic E-state index is -0.0361. The van der Waals surface area contributed by atoms with E-state index in [1.165, 1.54) is 6.07 Å². The molecule has 0 spiro atoms. The number of nitrogens with zero attached hydrogens (tertiary/aromatic N) is 6. The smallest absolute Gasteiger partial charge is 0.250 e. The van der Waals surface area contributed by atoms with Gasteiger partial charge in [0, 0.05) is 38.2 Å². The first-order valence-electron chi connectivity index (χ1n) is 6.08. The van der Waals surface area contributed by atoms with E-state index in [1.807, 2.05) is 6.07 Å². The molecule has 7 heteroatoms. The zero-order valence-electron chi connectivity index (χ0n) is 10.4. The van der Waals surface area contributed by atoms with Crippen molar-refractivity contribution in [3.63, 3.8) is 0 Å². The molecule has 0 amide bonds. The Morgan fingerprint density at radius 2 is 2.21 bits per heavy atom. The van der Waals surface area contributed by atoms with Crippen LogP contribution in [0.1, 0.15) is 18.7 Å². The van der Waals surface area contributed by atoms with Gasteiger partial charge in [-0.05, 0) is 22.9 Å². The Labute approximate surface area is 110 Å². The highest BCUT2D eigenvalue weighted by Crippen LogP contribution is 1.99. The molecule has 0 bridgehead atoms. The standard InChI is InChI=1S/C12H14N6O/c13-7-2-4-9-18-11(14-15-16-18)6-10-17-8-3-1-5-12(17)19/h1,3,5,8H,2,4,6,9-10H2. The predicted octanol–water partition coefficient (Wildman–Crippen LogP) is 0.381. The molecule has 7 nitrogen and oxygen atoms in total. The predicted molar refractivity (Wildman–Crippen MR) is 67.1 cm³/mol. The van der Waals surface area contributed by atoms with Crippen molar-refractivity contribution in [2.75, 3.05) is 0 Å². The number of hydrogen-bond acceptors (Lipinski definition) is 5. The van der Waals surface area contributed by atoms with Gasteiger partial charge in [-0.25, -0.2) is 4.68 Å². The summed E-state index contributed by atoms with van der Waals surface area (Å²) in [4.78, 5) is 11.5.